The second-order valence-electron chi connectivity index (χ2n) is 8.71. The molecule has 1 aromatic heterocycles. The Morgan fingerprint density at radius 2 is 1.97 bits per heavy atom. The van der Waals surface area contributed by atoms with Crippen molar-refractivity contribution in [2.75, 3.05) is 37.1 Å². The highest BCUT2D eigenvalue weighted by molar-refractivity contribution is 6.08. The van der Waals surface area contributed by atoms with Crippen molar-refractivity contribution in [3.05, 3.63) is 71.4 Å². The molecule has 0 atom stereocenters. The van der Waals surface area contributed by atoms with Crippen LogP contribution in [0.2, 0.25) is 0 Å². The van der Waals surface area contributed by atoms with Crippen molar-refractivity contribution in [2.24, 2.45) is 5.92 Å². The van der Waals surface area contributed by atoms with Gasteiger partial charge in [0.2, 0.25) is 0 Å². The number of esters is 1. The number of ether oxygens (including phenoxy) is 3. The Labute approximate surface area is 204 Å². The summed E-state index contributed by atoms with van der Waals surface area (Å²) in [6, 6.07) is 14.3. The molecular weight excluding hydrogens is 446 g/mol. The quantitative estimate of drug-likeness (QED) is 0.481. The van der Waals surface area contributed by atoms with Crippen LogP contribution in [0.15, 0.2) is 54.7 Å². The molecule has 8 heteroatoms. The Hall–Kier alpha value is -4.07. The number of nitrogens with zero attached hydrogens (tertiary/aromatic N) is 2. The van der Waals surface area contributed by atoms with E-state index in [0.29, 0.717) is 48.4 Å². The van der Waals surface area contributed by atoms with Gasteiger partial charge in [0.15, 0.2) is 5.75 Å². The minimum Gasteiger partial charge on any atom is -0.492 e. The van der Waals surface area contributed by atoms with E-state index < -0.39 is 5.97 Å². The zero-order valence-corrected chi connectivity index (χ0v) is 20.3. The molecular formula is C27H29N3O5. The Morgan fingerprint density at radius 1 is 1.14 bits per heavy atom. The number of rotatable bonds is 7. The number of anilines is 3. The first-order valence-electron chi connectivity index (χ1n) is 11.5. The van der Waals surface area contributed by atoms with Gasteiger partial charge in [0.05, 0.1) is 31.5 Å². The normalized spacial score (nSPS) is 12.5. The number of para-hydroxylation sites is 1. The second kappa shape index (κ2) is 10.5. The smallest absolute Gasteiger partial charge is 0.341 e. The average molecular weight is 476 g/mol. The van der Waals surface area contributed by atoms with E-state index in [1.165, 1.54) is 7.11 Å². The van der Waals surface area contributed by atoms with Crippen molar-refractivity contribution in [1.29, 1.82) is 0 Å². The van der Waals surface area contributed by atoms with Crippen LogP contribution < -0.4 is 19.7 Å². The van der Waals surface area contributed by atoms with Gasteiger partial charge < -0.3 is 24.4 Å². The van der Waals surface area contributed by atoms with Crippen LogP contribution >= 0.6 is 0 Å². The highest BCUT2D eigenvalue weighted by Crippen LogP contribution is 2.38. The van der Waals surface area contributed by atoms with Gasteiger partial charge in [0.25, 0.3) is 5.91 Å². The van der Waals surface area contributed by atoms with Gasteiger partial charge in [-0.2, -0.15) is 0 Å². The number of aromatic nitrogens is 1. The predicted octanol–water partition coefficient (Wildman–Crippen LogP) is 4.99. The molecule has 3 aromatic rings. The summed E-state index contributed by atoms with van der Waals surface area (Å²) >= 11 is 0. The summed E-state index contributed by atoms with van der Waals surface area (Å²) in [6.07, 6.45) is 1.81. The third-order valence-electron chi connectivity index (χ3n) is 5.48. The minimum atomic E-state index is -0.540. The maximum atomic E-state index is 13.3. The van der Waals surface area contributed by atoms with Gasteiger partial charge in [-0.15, -0.1) is 0 Å². The first-order chi connectivity index (χ1) is 16.9. The van der Waals surface area contributed by atoms with Crippen LogP contribution in [0.1, 0.15) is 40.1 Å². The van der Waals surface area contributed by atoms with Gasteiger partial charge >= 0.3 is 5.97 Å². The second-order valence-corrected chi connectivity index (χ2v) is 8.71. The van der Waals surface area contributed by atoms with E-state index in [-0.39, 0.29) is 11.5 Å². The van der Waals surface area contributed by atoms with Gasteiger partial charge in [0, 0.05) is 11.9 Å². The van der Waals surface area contributed by atoms with Crippen LogP contribution in [0, 0.1) is 12.8 Å². The minimum absolute atomic E-state index is 0.244. The Kier molecular flexibility index (Phi) is 7.19. The van der Waals surface area contributed by atoms with Crippen molar-refractivity contribution >= 4 is 29.1 Å². The summed E-state index contributed by atoms with van der Waals surface area (Å²) in [5, 5.41) is 2.87. The molecule has 4 rings (SSSR count). The topological polar surface area (TPSA) is 90.0 Å². The van der Waals surface area contributed by atoms with Crippen molar-refractivity contribution < 1.29 is 23.8 Å². The molecule has 0 unspecified atom stereocenters. The number of pyridine rings is 1. The summed E-state index contributed by atoms with van der Waals surface area (Å²) in [4.78, 5) is 32.1. The van der Waals surface area contributed by atoms with Crippen molar-refractivity contribution in [3.63, 3.8) is 0 Å². The van der Waals surface area contributed by atoms with E-state index in [1.54, 1.807) is 24.3 Å². The predicted molar refractivity (Wildman–Crippen MR) is 134 cm³/mol. The molecule has 1 N–H and O–H groups in total. The molecule has 0 fully saturated rings. The zero-order chi connectivity index (χ0) is 24.9. The van der Waals surface area contributed by atoms with E-state index in [0.717, 1.165) is 17.1 Å². The number of hydrogen-bond acceptors (Lipinski definition) is 7. The van der Waals surface area contributed by atoms with Crippen LogP contribution in [-0.4, -0.2) is 43.7 Å². The lowest BCUT2D eigenvalue weighted by Gasteiger charge is -2.31. The van der Waals surface area contributed by atoms with E-state index in [9.17, 15) is 9.59 Å². The van der Waals surface area contributed by atoms with Gasteiger partial charge in [-0.25, -0.2) is 9.78 Å². The monoisotopic (exact) mass is 475 g/mol. The first kappa shape index (κ1) is 24.1. The Balaban J connectivity index is 1.60. The number of fused-ring (bicyclic) bond motifs is 1. The molecule has 0 saturated carbocycles. The molecule has 0 saturated heterocycles. The number of hydrogen-bond donors (Lipinski definition) is 1. The maximum Gasteiger partial charge on any atom is 0.341 e. The fourth-order valence-electron chi connectivity index (χ4n) is 3.74. The Morgan fingerprint density at radius 3 is 2.69 bits per heavy atom. The number of benzene rings is 2. The number of carbonyl (C=O) groups is 2. The lowest BCUT2D eigenvalue weighted by atomic mass is 10.1. The summed E-state index contributed by atoms with van der Waals surface area (Å²) in [5.41, 5.74) is 2.92. The average Bonchev–Trinajstić information content (AvgIpc) is 2.87. The maximum absolute atomic E-state index is 13.3. The number of carbonyl (C=O) groups excluding carboxylic acids is 2. The van der Waals surface area contributed by atoms with Gasteiger partial charge in [-0.3, -0.25) is 4.79 Å². The fraction of sp³-hybridized carbons (Fsp3) is 0.296. The van der Waals surface area contributed by atoms with Crippen molar-refractivity contribution in [1.82, 2.24) is 4.98 Å². The molecule has 1 aliphatic rings. The van der Waals surface area contributed by atoms with Crippen LogP contribution in [0.3, 0.4) is 0 Å². The van der Waals surface area contributed by atoms with E-state index in [4.69, 9.17) is 14.2 Å². The van der Waals surface area contributed by atoms with Crippen LogP contribution in [0.25, 0.3) is 0 Å². The molecule has 0 spiro atoms. The molecule has 182 valence electrons. The highest BCUT2D eigenvalue weighted by Gasteiger charge is 2.26. The highest BCUT2D eigenvalue weighted by atomic mass is 16.5. The largest absolute Gasteiger partial charge is 0.492 e. The van der Waals surface area contributed by atoms with Gasteiger partial charge in [-0.1, -0.05) is 26.0 Å². The first-order valence-corrected chi connectivity index (χ1v) is 11.5. The van der Waals surface area contributed by atoms with E-state index in [2.05, 4.69) is 10.3 Å². The third kappa shape index (κ3) is 5.37. The van der Waals surface area contributed by atoms with E-state index in [1.807, 2.05) is 56.1 Å². The van der Waals surface area contributed by atoms with Crippen LogP contribution in [-0.2, 0) is 4.74 Å². The fourth-order valence-corrected chi connectivity index (χ4v) is 3.74. The van der Waals surface area contributed by atoms with Crippen molar-refractivity contribution in [3.8, 4) is 11.5 Å². The lowest BCUT2D eigenvalue weighted by Crippen LogP contribution is -2.30. The molecule has 0 radical (unpaired) electrons. The molecule has 0 bridgehead atoms. The van der Waals surface area contributed by atoms with E-state index >= 15 is 0 Å². The Bertz CT molecular complexity index is 1220. The number of methoxy groups -OCH3 is 1. The number of amides is 1. The third-order valence-corrected chi connectivity index (χ3v) is 5.48. The molecule has 8 nitrogen and oxygen atoms in total. The molecule has 2 aromatic carbocycles. The summed E-state index contributed by atoms with van der Waals surface area (Å²) in [5.74, 6) is 1.08. The molecule has 1 amide bonds. The summed E-state index contributed by atoms with van der Waals surface area (Å²) in [7, 11) is 1.31. The van der Waals surface area contributed by atoms with Crippen molar-refractivity contribution in [2.45, 2.75) is 20.8 Å². The van der Waals surface area contributed by atoms with Gasteiger partial charge in [-0.05, 0) is 54.8 Å². The molecule has 1 aliphatic heterocycles. The van der Waals surface area contributed by atoms with Crippen LogP contribution in [0.5, 0.6) is 11.5 Å². The zero-order valence-electron chi connectivity index (χ0n) is 20.3. The number of aryl methyl sites for hydroxylation is 1. The summed E-state index contributed by atoms with van der Waals surface area (Å²) in [6.45, 7) is 7.52. The molecule has 2 heterocycles. The SMILES string of the molecule is COC(=O)c1cc(NC(=O)c2cccc3c2OCCN3c2ccc(C)cn2)ccc1OCC(C)C. The lowest BCUT2D eigenvalue weighted by molar-refractivity contribution is 0.0595. The summed E-state index contributed by atoms with van der Waals surface area (Å²) < 4.78 is 16.6. The standard InChI is InChI=1S/C27H29N3O5/c1-17(2)16-35-23-10-9-19(14-21(23)27(32)33-4)29-26(31)20-6-5-7-22-25(20)34-13-12-30(22)24-11-8-18(3)15-28-24/h5-11,14-15,17H,12-13,16H2,1-4H3,(H,29,31). The van der Waals surface area contributed by atoms with Crippen LogP contribution in [0.4, 0.5) is 17.2 Å². The van der Waals surface area contributed by atoms with Gasteiger partial charge in [0.1, 0.15) is 23.7 Å². The molecule has 35 heavy (non-hydrogen) atoms. The molecule has 0 aliphatic carbocycles. The number of nitrogens with one attached hydrogen (secondary N) is 1.